The van der Waals surface area contributed by atoms with Gasteiger partial charge < -0.3 is 5.73 Å². The van der Waals surface area contributed by atoms with Crippen molar-refractivity contribution in [2.75, 3.05) is 6.54 Å². The van der Waals surface area contributed by atoms with Gasteiger partial charge in [0.2, 0.25) is 0 Å². The molecule has 1 aromatic rings. The molecule has 0 spiro atoms. The molecule has 4 heteroatoms. The lowest BCUT2D eigenvalue weighted by Crippen LogP contribution is -2.27. The summed E-state index contributed by atoms with van der Waals surface area (Å²) in [5, 5.41) is 3.97. The van der Waals surface area contributed by atoms with Crippen LogP contribution in [0.5, 0.6) is 0 Å². The van der Waals surface area contributed by atoms with Crippen LogP contribution in [-0.4, -0.2) is 22.1 Å². The van der Waals surface area contributed by atoms with E-state index in [1.165, 1.54) is 0 Å². The van der Waals surface area contributed by atoms with Crippen LogP contribution in [-0.2, 0) is 7.05 Å². The average Bonchev–Trinajstić information content (AvgIpc) is 2.83. The standard InChI is InChI=1S/C9H13N3O/c1-12-7(2-5-11-12)8(13)9(6-10)3-4-9/h2,5H,3-4,6,10H2,1H3. The molecule has 0 saturated heterocycles. The Morgan fingerprint density at radius 2 is 2.46 bits per heavy atom. The quantitative estimate of drug-likeness (QED) is 0.681. The summed E-state index contributed by atoms with van der Waals surface area (Å²) in [6, 6.07) is 1.75. The zero-order chi connectivity index (χ0) is 9.47. The number of hydrogen-bond acceptors (Lipinski definition) is 3. The number of Topliss-reactive ketones (excluding diaryl/α,β-unsaturated/α-hetero) is 1. The lowest BCUT2D eigenvalue weighted by molar-refractivity contribution is 0.0896. The Bertz CT molecular complexity index is 338. The summed E-state index contributed by atoms with van der Waals surface area (Å²) in [5.74, 6) is 0.148. The van der Waals surface area contributed by atoms with Crippen LogP contribution in [0.25, 0.3) is 0 Å². The molecule has 70 valence electrons. The van der Waals surface area contributed by atoms with Crippen molar-refractivity contribution in [1.29, 1.82) is 0 Å². The van der Waals surface area contributed by atoms with E-state index in [-0.39, 0.29) is 11.2 Å². The van der Waals surface area contributed by atoms with Gasteiger partial charge in [-0.1, -0.05) is 0 Å². The van der Waals surface area contributed by atoms with E-state index in [9.17, 15) is 4.79 Å². The lowest BCUT2D eigenvalue weighted by atomic mass is 9.99. The molecule has 0 amide bonds. The summed E-state index contributed by atoms with van der Waals surface area (Å²) in [6.45, 7) is 0.455. The van der Waals surface area contributed by atoms with Crippen molar-refractivity contribution in [3.63, 3.8) is 0 Å². The number of nitrogens with two attached hydrogens (primary N) is 1. The van der Waals surface area contributed by atoms with Gasteiger partial charge in [0.05, 0.1) is 0 Å². The summed E-state index contributed by atoms with van der Waals surface area (Å²) in [6.07, 6.45) is 3.49. The maximum atomic E-state index is 11.9. The number of aromatic nitrogens is 2. The fourth-order valence-corrected chi connectivity index (χ4v) is 1.54. The molecule has 13 heavy (non-hydrogen) atoms. The van der Waals surface area contributed by atoms with E-state index in [0.717, 1.165) is 12.8 Å². The van der Waals surface area contributed by atoms with Crippen molar-refractivity contribution < 1.29 is 4.79 Å². The highest BCUT2D eigenvalue weighted by molar-refractivity contribution is 6.01. The third kappa shape index (κ3) is 1.18. The first-order chi connectivity index (χ1) is 6.19. The summed E-state index contributed by atoms with van der Waals surface area (Å²) in [4.78, 5) is 11.9. The number of rotatable bonds is 3. The molecule has 1 aliphatic carbocycles. The molecular formula is C9H13N3O. The van der Waals surface area contributed by atoms with Crippen LogP contribution >= 0.6 is 0 Å². The first kappa shape index (κ1) is 8.44. The van der Waals surface area contributed by atoms with E-state index in [0.29, 0.717) is 12.2 Å². The van der Waals surface area contributed by atoms with Crippen molar-refractivity contribution in [1.82, 2.24) is 9.78 Å². The minimum absolute atomic E-state index is 0.148. The average molecular weight is 179 g/mol. The first-order valence-electron chi connectivity index (χ1n) is 4.42. The smallest absolute Gasteiger partial charge is 0.188 e. The van der Waals surface area contributed by atoms with Crippen LogP contribution in [0.3, 0.4) is 0 Å². The summed E-state index contributed by atoms with van der Waals surface area (Å²) in [5.41, 5.74) is 5.99. The molecule has 1 aliphatic rings. The van der Waals surface area contributed by atoms with Crippen molar-refractivity contribution in [3.05, 3.63) is 18.0 Å². The number of ketones is 1. The Morgan fingerprint density at radius 3 is 2.85 bits per heavy atom. The third-order valence-electron chi connectivity index (χ3n) is 2.78. The Hall–Kier alpha value is -1.16. The minimum atomic E-state index is -0.256. The van der Waals surface area contributed by atoms with Gasteiger partial charge in [-0.2, -0.15) is 5.10 Å². The monoisotopic (exact) mass is 179 g/mol. The van der Waals surface area contributed by atoms with Gasteiger partial charge >= 0.3 is 0 Å². The maximum absolute atomic E-state index is 11.9. The molecule has 0 aliphatic heterocycles. The maximum Gasteiger partial charge on any atom is 0.188 e. The van der Waals surface area contributed by atoms with Gasteiger partial charge in [-0.05, 0) is 18.9 Å². The molecular weight excluding hydrogens is 166 g/mol. The van der Waals surface area contributed by atoms with Crippen LogP contribution < -0.4 is 5.73 Å². The molecule has 2 N–H and O–H groups in total. The topological polar surface area (TPSA) is 60.9 Å². The van der Waals surface area contributed by atoms with Gasteiger partial charge in [0.25, 0.3) is 0 Å². The minimum Gasteiger partial charge on any atom is -0.329 e. The highest BCUT2D eigenvalue weighted by Gasteiger charge is 2.49. The van der Waals surface area contributed by atoms with Crippen LogP contribution in [0.2, 0.25) is 0 Å². The molecule has 0 unspecified atom stereocenters. The molecule has 0 aromatic carbocycles. The molecule has 0 atom stereocenters. The molecule has 1 fully saturated rings. The number of carbonyl (C=O) groups excluding carboxylic acids is 1. The lowest BCUT2D eigenvalue weighted by Gasteiger charge is -2.10. The van der Waals surface area contributed by atoms with E-state index in [1.807, 2.05) is 0 Å². The Labute approximate surface area is 76.7 Å². The highest BCUT2D eigenvalue weighted by atomic mass is 16.1. The number of hydrogen-bond donors (Lipinski definition) is 1. The fraction of sp³-hybridized carbons (Fsp3) is 0.556. The molecule has 0 radical (unpaired) electrons. The number of carbonyl (C=O) groups is 1. The normalized spacial score (nSPS) is 18.6. The van der Waals surface area contributed by atoms with E-state index >= 15 is 0 Å². The predicted molar refractivity (Wildman–Crippen MR) is 48.3 cm³/mol. The van der Waals surface area contributed by atoms with Crippen molar-refractivity contribution in [2.45, 2.75) is 12.8 Å². The van der Waals surface area contributed by atoms with Gasteiger partial charge in [-0.25, -0.2) is 0 Å². The molecule has 1 saturated carbocycles. The predicted octanol–water partition coefficient (Wildman–Crippen LogP) is 0.342. The fourth-order valence-electron chi connectivity index (χ4n) is 1.54. The number of nitrogens with zero attached hydrogens (tertiary/aromatic N) is 2. The van der Waals surface area contributed by atoms with Gasteiger partial charge in [-0.3, -0.25) is 9.48 Å². The molecule has 1 aromatic heterocycles. The second kappa shape index (κ2) is 2.67. The van der Waals surface area contributed by atoms with Crippen LogP contribution in [0.1, 0.15) is 23.3 Å². The van der Waals surface area contributed by atoms with Crippen molar-refractivity contribution in [2.24, 2.45) is 18.2 Å². The Morgan fingerprint density at radius 1 is 1.77 bits per heavy atom. The number of aryl methyl sites for hydroxylation is 1. The molecule has 1 heterocycles. The largest absolute Gasteiger partial charge is 0.329 e. The van der Waals surface area contributed by atoms with E-state index in [1.54, 1.807) is 24.0 Å². The van der Waals surface area contributed by atoms with Crippen LogP contribution in [0, 0.1) is 5.41 Å². The van der Waals surface area contributed by atoms with E-state index in [4.69, 9.17) is 5.73 Å². The zero-order valence-electron chi connectivity index (χ0n) is 7.66. The van der Waals surface area contributed by atoms with Crippen LogP contribution in [0.15, 0.2) is 12.3 Å². The molecule has 2 rings (SSSR count). The van der Waals surface area contributed by atoms with Gasteiger partial charge in [0, 0.05) is 25.2 Å². The second-order valence-corrected chi connectivity index (χ2v) is 3.65. The van der Waals surface area contributed by atoms with Crippen molar-refractivity contribution >= 4 is 5.78 Å². The third-order valence-corrected chi connectivity index (χ3v) is 2.78. The SMILES string of the molecule is Cn1nccc1C(=O)C1(CN)CC1. The van der Waals surface area contributed by atoms with Gasteiger partial charge in [-0.15, -0.1) is 0 Å². The zero-order valence-corrected chi connectivity index (χ0v) is 7.66. The van der Waals surface area contributed by atoms with Crippen molar-refractivity contribution in [3.8, 4) is 0 Å². The molecule has 4 nitrogen and oxygen atoms in total. The van der Waals surface area contributed by atoms with Gasteiger partial charge in [0.15, 0.2) is 5.78 Å². The summed E-state index contributed by atoms with van der Waals surface area (Å²) < 4.78 is 1.61. The second-order valence-electron chi connectivity index (χ2n) is 3.65. The van der Waals surface area contributed by atoms with E-state index < -0.39 is 0 Å². The van der Waals surface area contributed by atoms with Crippen LogP contribution in [0.4, 0.5) is 0 Å². The summed E-state index contributed by atoms with van der Waals surface area (Å²) in [7, 11) is 1.78. The first-order valence-corrected chi connectivity index (χ1v) is 4.42. The Kier molecular flexibility index (Phi) is 1.73. The Balaban J connectivity index is 2.28. The summed E-state index contributed by atoms with van der Waals surface area (Å²) >= 11 is 0. The molecule has 0 bridgehead atoms. The van der Waals surface area contributed by atoms with Gasteiger partial charge in [0.1, 0.15) is 5.69 Å². The van der Waals surface area contributed by atoms with E-state index in [2.05, 4.69) is 5.10 Å². The highest BCUT2D eigenvalue weighted by Crippen LogP contribution is 2.46.